The van der Waals surface area contributed by atoms with Crippen molar-refractivity contribution in [2.75, 3.05) is 13.2 Å². The zero-order valence-corrected chi connectivity index (χ0v) is 32.5. The summed E-state index contributed by atoms with van der Waals surface area (Å²) in [6.07, 6.45) is 15.7. The molecular formula is C41H64O4Si2. The maximum Gasteiger partial charge on any atom is 0.119 e. The molecule has 2 aromatic rings. The van der Waals surface area contributed by atoms with E-state index in [-0.39, 0.29) is 5.41 Å². The SMILES string of the molecule is CC(C)(c1ccc(OCCC[Si](C)(C)CCC2CCC3OC3C2)cc1)c1ccc(OCCC[Si](C)(C)CCC2CCC3OC3C2)cc1. The van der Waals surface area contributed by atoms with E-state index in [1.54, 1.807) is 0 Å². The first-order chi connectivity index (χ1) is 22.5. The molecule has 0 radical (unpaired) electrons. The summed E-state index contributed by atoms with van der Waals surface area (Å²) in [5, 5.41) is 0. The van der Waals surface area contributed by atoms with Crippen molar-refractivity contribution < 1.29 is 18.9 Å². The Labute approximate surface area is 288 Å². The predicted molar refractivity (Wildman–Crippen MR) is 201 cm³/mol. The summed E-state index contributed by atoms with van der Waals surface area (Å²) >= 11 is 0. The molecular weight excluding hydrogens is 613 g/mol. The highest BCUT2D eigenvalue weighted by Crippen LogP contribution is 2.43. The van der Waals surface area contributed by atoms with Gasteiger partial charge in [-0.2, -0.15) is 0 Å². The van der Waals surface area contributed by atoms with Crippen molar-refractivity contribution in [1.29, 1.82) is 0 Å². The minimum atomic E-state index is -1.17. The number of rotatable bonds is 18. The van der Waals surface area contributed by atoms with Gasteiger partial charge in [0.05, 0.1) is 37.6 Å². The highest BCUT2D eigenvalue weighted by atomic mass is 28.3. The quantitative estimate of drug-likeness (QED) is 0.0895. The van der Waals surface area contributed by atoms with E-state index in [4.69, 9.17) is 18.9 Å². The van der Waals surface area contributed by atoms with Crippen LogP contribution in [-0.4, -0.2) is 53.8 Å². The van der Waals surface area contributed by atoms with Gasteiger partial charge in [0.25, 0.3) is 0 Å². The molecule has 47 heavy (non-hydrogen) atoms. The third-order valence-electron chi connectivity index (χ3n) is 12.4. The molecule has 6 unspecified atom stereocenters. The standard InChI is InChI=1S/C41H64O4Si2/c1-41(2,33-11-15-35(16-12-33)42-23-7-25-46(3,4)27-21-31-9-19-37-39(29-31)44-37)34-13-17-36(18-14-34)43-24-8-26-47(5,6)28-22-32-10-20-38-40(30-32)45-38/h11-18,31-32,37-40H,7-10,19-30H2,1-6H3. The molecule has 2 aromatic carbocycles. The molecule has 0 spiro atoms. The molecule has 2 aliphatic heterocycles. The Morgan fingerprint density at radius 2 is 0.979 bits per heavy atom. The van der Waals surface area contributed by atoms with Crippen LogP contribution in [0.3, 0.4) is 0 Å². The molecule has 6 heteroatoms. The van der Waals surface area contributed by atoms with Crippen molar-refractivity contribution in [1.82, 2.24) is 0 Å². The van der Waals surface area contributed by atoms with Crippen LogP contribution in [0.2, 0.25) is 50.4 Å². The van der Waals surface area contributed by atoms with Crippen molar-refractivity contribution in [2.24, 2.45) is 11.8 Å². The Bertz CT molecular complexity index is 1180. The van der Waals surface area contributed by atoms with Gasteiger partial charge in [-0.25, -0.2) is 0 Å². The van der Waals surface area contributed by atoms with Crippen LogP contribution in [0.1, 0.15) is 89.2 Å². The lowest BCUT2D eigenvalue weighted by Gasteiger charge is -2.27. The Balaban J connectivity index is 0.870. The van der Waals surface area contributed by atoms with Crippen molar-refractivity contribution >= 4 is 16.1 Å². The van der Waals surface area contributed by atoms with E-state index >= 15 is 0 Å². The maximum absolute atomic E-state index is 6.21. The second-order valence-corrected chi connectivity index (χ2v) is 28.4. The molecule has 4 nitrogen and oxygen atoms in total. The highest BCUT2D eigenvalue weighted by molar-refractivity contribution is 6.77. The van der Waals surface area contributed by atoms with Crippen molar-refractivity contribution in [2.45, 2.75) is 158 Å². The molecule has 0 N–H and O–H groups in total. The minimum absolute atomic E-state index is 0.0853. The third kappa shape index (κ3) is 10.2. The van der Waals surface area contributed by atoms with E-state index in [2.05, 4.69) is 88.6 Å². The Kier molecular flexibility index (Phi) is 11.3. The summed E-state index contributed by atoms with van der Waals surface area (Å²) in [6.45, 7) is 16.5. The predicted octanol–water partition coefficient (Wildman–Crippen LogP) is 10.9. The molecule has 2 saturated heterocycles. The van der Waals surface area contributed by atoms with Crippen LogP contribution in [0, 0.1) is 11.8 Å². The summed E-state index contributed by atoms with van der Waals surface area (Å²) < 4.78 is 23.9. The van der Waals surface area contributed by atoms with Crippen LogP contribution in [0.15, 0.2) is 48.5 Å². The molecule has 6 atom stereocenters. The lowest BCUT2D eigenvalue weighted by molar-refractivity contribution is 0.316. The van der Waals surface area contributed by atoms with E-state index in [1.165, 1.54) is 86.7 Å². The molecule has 0 aromatic heterocycles. The molecule has 4 aliphatic rings. The highest BCUT2D eigenvalue weighted by Gasteiger charge is 2.44. The van der Waals surface area contributed by atoms with Crippen LogP contribution >= 0.6 is 0 Å². The number of ether oxygens (including phenoxy) is 4. The normalized spacial score (nSPS) is 27.1. The largest absolute Gasteiger partial charge is 0.494 e. The van der Waals surface area contributed by atoms with Crippen molar-refractivity contribution in [3.8, 4) is 11.5 Å². The summed E-state index contributed by atoms with van der Waals surface area (Å²) in [7, 11) is -2.34. The lowest BCUT2D eigenvalue weighted by Crippen LogP contribution is -2.27. The summed E-state index contributed by atoms with van der Waals surface area (Å²) in [5.41, 5.74) is 2.53. The van der Waals surface area contributed by atoms with Crippen LogP contribution in [0.5, 0.6) is 11.5 Å². The summed E-state index contributed by atoms with van der Waals surface area (Å²) in [6, 6.07) is 23.2. The van der Waals surface area contributed by atoms with E-state index in [9.17, 15) is 0 Å². The van der Waals surface area contributed by atoms with Crippen molar-refractivity contribution in [3.63, 3.8) is 0 Å². The van der Waals surface area contributed by atoms with Gasteiger partial charge in [0, 0.05) is 21.6 Å². The Morgan fingerprint density at radius 3 is 1.36 bits per heavy atom. The number of benzene rings is 2. The summed E-state index contributed by atoms with van der Waals surface area (Å²) in [4.78, 5) is 0. The first-order valence-electron chi connectivity index (χ1n) is 19.2. The molecule has 4 fully saturated rings. The van der Waals surface area contributed by atoms with E-state index < -0.39 is 16.1 Å². The lowest BCUT2D eigenvalue weighted by atomic mass is 9.78. The number of hydrogen-bond acceptors (Lipinski definition) is 4. The fourth-order valence-corrected chi connectivity index (χ4v) is 13.6. The van der Waals surface area contributed by atoms with Gasteiger partial charge in [-0.05, 0) is 98.6 Å². The van der Waals surface area contributed by atoms with Gasteiger partial charge in [0.1, 0.15) is 11.5 Å². The Morgan fingerprint density at radius 1 is 0.574 bits per heavy atom. The van der Waals surface area contributed by atoms with E-state index in [1.807, 2.05) is 0 Å². The van der Waals surface area contributed by atoms with Crippen LogP contribution in [0.25, 0.3) is 0 Å². The average molecular weight is 677 g/mol. The smallest absolute Gasteiger partial charge is 0.119 e. The number of epoxide rings is 2. The van der Waals surface area contributed by atoms with Gasteiger partial charge in [-0.3, -0.25) is 0 Å². The average Bonchev–Trinajstić information content (AvgIpc) is 3.99. The molecule has 2 heterocycles. The molecule has 0 bridgehead atoms. The van der Waals surface area contributed by atoms with Gasteiger partial charge in [-0.15, -0.1) is 0 Å². The topological polar surface area (TPSA) is 43.5 Å². The van der Waals surface area contributed by atoms with Crippen molar-refractivity contribution in [3.05, 3.63) is 59.7 Å². The Hall–Kier alpha value is -1.61. The van der Waals surface area contributed by atoms with Crippen LogP contribution < -0.4 is 9.47 Å². The molecule has 2 aliphatic carbocycles. The van der Waals surface area contributed by atoms with Gasteiger partial charge < -0.3 is 18.9 Å². The molecule has 0 amide bonds. The molecule has 260 valence electrons. The first kappa shape index (κ1) is 35.2. The van der Waals surface area contributed by atoms with Gasteiger partial charge >= 0.3 is 0 Å². The third-order valence-corrected chi connectivity index (χ3v) is 19.1. The zero-order valence-electron chi connectivity index (χ0n) is 30.5. The minimum Gasteiger partial charge on any atom is -0.494 e. The van der Waals surface area contributed by atoms with Gasteiger partial charge in [0.2, 0.25) is 0 Å². The summed E-state index contributed by atoms with van der Waals surface area (Å²) in [5.74, 6) is 3.79. The van der Waals surface area contributed by atoms with Crippen LogP contribution in [-0.2, 0) is 14.9 Å². The van der Waals surface area contributed by atoms with Gasteiger partial charge in [-0.1, -0.05) is 101 Å². The zero-order chi connectivity index (χ0) is 33.1. The number of fused-ring (bicyclic) bond motifs is 2. The maximum atomic E-state index is 6.21. The van der Waals surface area contributed by atoms with E-state index in [0.717, 1.165) is 49.4 Å². The monoisotopic (exact) mass is 676 g/mol. The fourth-order valence-electron chi connectivity index (χ4n) is 8.52. The number of hydrogen-bond donors (Lipinski definition) is 0. The molecule has 2 saturated carbocycles. The second-order valence-electron chi connectivity index (χ2n) is 17.8. The molecule has 6 rings (SSSR count). The van der Waals surface area contributed by atoms with E-state index in [0.29, 0.717) is 24.4 Å². The second kappa shape index (κ2) is 15.1. The first-order valence-corrected chi connectivity index (χ1v) is 26.1. The fraction of sp³-hybridized carbons (Fsp3) is 0.707. The van der Waals surface area contributed by atoms with Gasteiger partial charge in [0.15, 0.2) is 0 Å². The van der Waals surface area contributed by atoms with Crippen LogP contribution in [0.4, 0.5) is 0 Å².